The highest BCUT2D eigenvalue weighted by Crippen LogP contribution is 2.17. The summed E-state index contributed by atoms with van der Waals surface area (Å²) < 4.78 is 7.02. The molecule has 0 aliphatic carbocycles. The van der Waals surface area contributed by atoms with Crippen molar-refractivity contribution in [3.05, 3.63) is 56.7 Å². The number of carbonyl (C=O) groups excluding carboxylic acids is 1. The zero-order valence-corrected chi connectivity index (χ0v) is 17.7. The third-order valence-electron chi connectivity index (χ3n) is 5.30. The van der Waals surface area contributed by atoms with Gasteiger partial charge in [0.1, 0.15) is 31.1 Å². The quantitative estimate of drug-likeness (QED) is 0.571. The minimum Gasteiger partial charge on any atom is -0.383 e. The lowest BCUT2D eigenvalue weighted by Gasteiger charge is -2.33. The Morgan fingerprint density at radius 2 is 1.87 bits per heavy atom. The Labute approximate surface area is 175 Å². The fourth-order valence-corrected chi connectivity index (χ4v) is 4.06. The predicted molar refractivity (Wildman–Crippen MR) is 115 cm³/mol. The Hall–Kier alpha value is -2.91. The highest BCUT2D eigenvalue weighted by Gasteiger charge is 2.30. The molecule has 0 radical (unpaired) electrons. The molecule has 1 aromatic heterocycles. The van der Waals surface area contributed by atoms with Crippen molar-refractivity contribution in [2.24, 2.45) is 0 Å². The van der Waals surface area contributed by atoms with E-state index in [2.05, 4.69) is 4.98 Å². The number of carbonyl (C=O) groups is 1. The van der Waals surface area contributed by atoms with Gasteiger partial charge in [0.05, 0.1) is 6.54 Å². The van der Waals surface area contributed by atoms with Gasteiger partial charge in [0, 0.05) is 6.54 Å². The van der Waals surface area contributed by atoms with Crippen LogP contribution in [0.25, 0.3) is 0 Å². The molecule has 0 unspecified atom stereocenters. The van der Waals surface area contributed by atoms with Gasteiger partial charge < -0.3 is 15.4 Å². The molecular formula is C21H30N5O4+. The number of anilines is 2. The van der Waals surface area contributed by atoms with Crippen LogP contribution in [0.2, 0.25) is 0 Å². The fourth-order valence-electron chi connectivity index (χ4n) is 4.06. The second-order valence-corrected chi connectivity index (χ2v) is 7.80. The predicted octanol–water partition coefficient (Wildman–Crippen LogP) is -0.788. The van der Waals surface area contributed by atoms with Crippen molar-refractivity contribution in [2.45, 2.75) is 39.5 Å². The Kier molecular flexibility index (Phi) is 6.73. The summed E-state index contributed by atoms with van der Waals surface area (Å²) in [7, 11) is 0. The smallest absolute Gasteiger partial charge is 0.330 e. The van der Waals surface area contributed by atoms with Crippen molar-refractivity contribution < 1.29 is 14.4 Å². The average molecular weight is 417 g/mol. The number of ether oxygens (including phenoxy) is 1. The number of benzene rings is 1. The van der Waals surface area contributed by atoms with Crippen LogP contribution in [0.15, 0.2) is 39.9 Å². The standard InChI is InChI=1S/C21H29N5O4/c1-4-25(17(27)13-24-10-14(2)30-15(3)11-24)18-19(22)26(21(29)23-20(18)28)12-16-8-6-5-7-9-16/h5-9,14-15H,4,10-13,22H2,1-3H3,(H,23,28,29)/p+1/t14-,15-/m0/s1. The number of aromatic nitrogens is 2. The number of nitrogen functional groups attached to an aromatic ring is 1. The molecule has 0 spiro atoms. The lowest BCUT2D eigenvalue weighted by Crippen LogP contribution is -3.16. The number of hydrogen-bond acceptors (Lipinski definition) is 5. The molecule has 4 N–H and O–H groups in total. The maximum atomic E-state index is 13.1. The van der Waals surface area contributed by atoms with Crippen molar-refractivity contribution in [3.8, 4) is 0 Å². The SMILES string of the molecule is CCN(C(=O)C[NH+]1C[C@H](C)O[C@@H](C)C1)c1c(N)n(Cc2ccccc2)c(=O)[nH]c1=O. The second-order valence-electron chi connectivity index (χ2n) is 7.80. The van der Waals surface area contributed by atoms with Crippen LogP contribution in [0.4, 0.5) is 11.5 Å². The summed E-state index contributed by atoms with van der Waals surface area (Å²) in [5.74, 6) is -0.225. The number of nitrogens with two attached hydrogens (primary N) is 1. The van der Waals surface area contributed by atoms with Gasteiger partial charge in [0.2, 0.25) is 0 Å². The van der Waals surface area contributed by atoms with E-state index < -0.39 is 11.2 Å². The molecule has 2 atom stereocenters. The Morgan fingerprint density at radius 3 is 2.47 bits per heavy atom. The molecule has 162 valence electrons. The minimum atomic E-state index is -0.657. The van der Waals surface area contributed by atoms with E-state index in [1.807, 2.05) is 44.2 Å². The van der Waals surface area contributed by atoms with Crippen LogP contribution < -0.4 is 26.8 Å². The highest BCUT2D eigenvalue weighted by atomic mass is 16.5. The van der Waals surface area contributed by atoms with E-state index in [-0.39, 0.29) is 49.3 Å². The van der Waals surface area contributed by atoms with Crippen LogP contribution in [-0.2, 0) is 16.1 Å². The van der Waals surface area contributed by atoms with Crippen molar-refractivity contribution in [1.29, 1.82) is 0 Å². The Balaban J connectivity index is 1.90. The van der Waals surface area contributed by atoms with Crippen molar-refractivity contribution in [2.75, 3.05) is 36.8 Å². The molecule has 9 nitrogen and oxygen atoms in total. The maximum Gasteiger partial charge on any atom is 0.330 e. The zero-order valence-electron chi connectivity index (χ0n) is 17.7. The van der Waals surface area contributed by atoms with Gasteiger partial charge >= 0.3 is 5.69 Å². The first kappa shape index (κ1) is 21.8. The number of H-pyrrole nitrogens is 1. The molecule has 3 rings (SSSR count). The topological polar surface area (TPSA) is 115 Å². The van der Waals surface area contributed by atoms with E-state index in [1.54, 1.807) is 6.92 Å². The molecule has 2 aromatic rings. The van der Waals surface area contributed by atoms with Gasteiger partial charge in [-0.15, -0.1) is 0 Å². The van der Waals surface area contributed by atoms with Crippen LogP contribution in [0.3, 0.4) is 0 Å². The number of likely N-dealkylation sites (N-methyl/N-ethyl adjacent to an activating group) is 1. The monoisotopic (exact) mass is 416 g/mol. The van der Waals surface area contributed by atoms with Crippen molar-refractivity contribution >= 4 is 17.4 Å². The van der Waals surface area contributed by atoms with Crippen LogP contribution in [0.1, 0.15) is 26.3 Å². The molecule has 1 aliphatic rings. The normalized spacial score (nSPS) is 21.4. The van der Waals surface area contributed by atoms with E-state index in [4.69, 9.17) is 10.5 Å². The van der Waals surface area contributed by atoms with E-state index in [0.29, 0.717) is 13.1 Å². The largest absolute Gasteiger partial charge is 0.383 e. The molecule has 9 heteroatoms. The maximum absolute atomic E-state index is 13.1. The average Bonchev–Trinajstić information content (AvgIpc) is 2.68. The first-order chi connectivity index (χ1) is 14.3. The summed E-state index contributed by atoms with van der Waals surface area (Å²) in [6.07, 6.45) is 0.126. The first-order valence-electron chi connectivity index (χ1n) is 10.3. The van der Waals surface area contributed by atoms with E-state index >= 15 is 0 Å². The zero-order chi connectivity index (χ0) is 21.8. The first-order valence-corrected chi connectivity index (χ1v) is 10.3. The number of morpholine rings is 1. The number of nitrogens with zero attached hydrogens (tertiary/aromatic N) is 2. The van der Waals surface area contributed by atoms with Gasteiger partial charge in [-0.1, -0.05) is 30.3 Å². The van der Waals surface area contributed by atoms with E-state index in [0.717, 1.165) is 10.5 Å². The van der Waals surface area contributed by atoms with E-state index in [9.17, 15) is 14.4 Å². The van der Waals surface area contributed by atoms with E-state index in [1.165, 1.54) is 9.47 Å². The molecule has 0 saturated carbocycles. The third kappa shape index (κ3) is 4.80. The summed E-state index contributed by atoms with van der Waals surface area (Å²) >= 11 is 0. The van der Waals surface area contributed by atoms with Gasteiger partial charge in [-0.25, -0.2) is 4.79 Å². The summed E-state index contributed by atoms with van der Waals surface area (Å²) in [5.41, 5.74) is 5.87. The van der Waals surface area contributed by atoms with Crippen LogP contribution in [-0.4, -0.2) is 53.8 Å². The van der Waals surface area contributed by atoms with Crippen molar-refractivity contribution in [1.82, 2.24) is 9.55 Å². The number of aromatic amines is 1. The van der Waals surface area contributed by atoms with Gasteiger partial charge in [-0.2, -0.15) is 0 Å². The second kappa shape index (κ2) is 9.27. The summed E-state index contributed by atoms with van der Waals surface area (Å²) in [5, 5.41) is 0. The van der Waals surface area contributed by atoms with Gasteiger partial charge in [-0.05, 0) is 26.3 Å². The molecule has 30 heavy (non-hydrogen) atoms. The third-order valence-corrected chi connectivity index (χ3v) is 5.30. The number of amides is 1. The van der Waals surface area contributed by atoms with Crippen molar-refractivity contribution in [3.63, 3.8) is 0 Å². The van der Waals surface area contributed by atoms with Gasteiger partial charge in [-0.3, -0.25) is 24.0 Å². The lowest BCUT2D eigenvalue weighted by molar-refractivity contribution is -0.907. The number of hydrogen-bond donors (Lipinski definition) is 3. The summed E-state index contributed by atoms with van der Waals surface area (Å²) in [6.45, 7) is 7.88. The summed E-state index contributed by atoms with van der Waals surface area (Å²) in [4.78, 5) is 42.8. The Bertz CT molecular complexity index is 991. The van der Waals surface area contributed by atoms with Gasteiger partial charge in [0.25, 0.3) is 11.5 Å². The van der Waals surface area contributed by atoms with Crippen LogP contribution in [0.5, 0.6) is 0 Å². The highest BCUT2D eigenvalue weighted by molar-refractivity contribution is 5.96. The lowest BCUT2D eigenvalue weighted by atomic mass is 10.2. The molecule has 1 aliphatic heterocycles. The summed E-state index contributed by atoms with van der Waals surface area (Å²) in [6, 6.07) is 9.32. The molecular weight excluding hydrogens is 386 g/mol. The molecule has 2 heterocycles. The molecule has 1 amide bonds. The molecule has 1 saturated heterocycles. The number of rotatable bonds is 6. The Morgan fingerprint density at radius 1 is 1.23 bits per heavy atom. The molecule has 1 fully saturated rings. The van der Waals surface area contributed by atoms with Crippen LogP contribution >= 0.6 is 0 Å². The minimum absolute atomic E-state index is 0.0125. The number of quaternary nitrogens is 1. The van der Waals surface area contributed by atoms with Gasteiger partial charge in [0.15, 0.2) is 12.2 Å². The molecule has 1 aromatic carbocycles. The van der Waals surface area contributed by atoms with Crippen LogP contribution in [0, 0.1) is 0 Å². The fraction of sp³-hybridized carbons (Fsp3) is 0.476. The molecule has 0 bridgehead atoms. The number of nitrogens with one attached hydrogen (secondary N) is 2.